The van der Waals surface area contributed by atoms with E-state index in [0.29, 0.717) is 11.1 Å². The Balaban J connectivity index is 1.82. The summed E-state index contributed by atoms with van der Waals surface area (Å²) < 4.78 is 0. The van der Waals surface area contributed by atoms with Crippen LogP contribution in [0.2, 0.25) is 0 Å². The highest BCUT2D eigenvalue weighted by Crippen LogP contribution is 2.33. The van der Waals surface area contributed by atoms with Crippen LogP contribution >= 0.6 is 0 Å². The van der Waals surface area contributed by atoms with Crippen molar-refractivity contribution in [2.24, 2.45) is 0 Å². The van der Waals surface area contributed by atoms with E-state index in [1.54, 1.807) is 30.5 Å². The highest BCUT2D eigenvalue weighted by atomic mass is 16.3. The monoisotopic (exact) mass is 334 g/mol. The number of hydrogen-bond acceptors (Lipinski definition) is 5. The lowest BCUT2D eigenvalue weighted by molar-refractivity contribution is -0.129. The molecule has 0 unspecified atom stereocenters. The minimum absolute atomic E-state index is 0.0464. The predicted molar refractivity (Wildman–Crippen MR) is 91.5 cm³/mol. The number of imide groups is 1. The maximum absolute atomic E-state index is 11.9. The summed E-state index contributed by atoms with van der Waals surface area (Å²) in [6, 6.07) is 6.89. The summed E-state index contributed by atoms with van der Waals surface area (Å²) >= 11 is 0. The van der Waals surface area contributed by atoms with E-state index in [4.69, 9.17) is 0 Å². The molecular weight excluding hydrogens is 320 g/mol. The predicted octanol–water partition coefficient (Wildman–Crippen LogP) is 2.51. The minimum atomic E-state index is -0.564. The molecule has 3 N–H and O–H groups in total. The van der Waals surface area contributed by atoms with Crippen molar-refractivity contribution in [2.75, 3.05) is 0 Å². The van der Waals surface area contributed by atoms with Crippen LogP contribution in [-0.2, 0) is 9.59 Å². The van der Waals surface area contributed by atoms with Gasteiger partial charge in [0.25, 0.3) is 5.91 Å². The van der Waals surface area contributed by atoms with Crippen molar-refractivity contribution in [3.05, 3.63) is 64.6 Å². The molecule has 124 valence electrons. The number of phenols is 1. The summed E-state index contributed by atoms with van der Waals surface area (Å²) in [5.41, 5.74) is 2.84. The van der Waals surface area contributed by atoms with Gasteiger partial charge in [-0.1, -0.05) is 18.2 Å². The molecule has 1 aromatic carbocycles. The first-order valence-corrected chi connectivity index (χ1v) is 7.77. The number of benzene rings is 1. The molecule has 4 rings (SSSR count). The van der Waals surface area contributed by atoms with Crippen molar-refractivity contribution in [1.82, 2.24) is 10.3 Å². The van der Waals surface area contributed by atoms with Gasteiger partial charge in [0, 0.05) is 24.1 Å². The fourth-order valence-electron chi connectivity index (χ4n) is 3.24. The molecule has 6 nitrogen and oxygen atoms in total. The van der Waals surface area contributed by atoms with Crippen molar-refractivity contribution in [2.45, 2.75) is 12.8 Å². The molecule has 0 bridgehead atoms. The maximum Gasteiger partial charge on any atom is 0.261 e. The molecule has 2 amide bonds. The Kier molecular flexibility index (Phi) is 3.39. The van der Waals surface area contributed by atoms with E-state index in [-0.39, 0.29) is 35.8 Å². The van der Waals surface area contributed by atoms with Crippen LogP contribution in [0.15, 0.2) is 59.0 Å². The highest BCUT2D eigenvalue weighted by Gasteiger charge is 2.31. The summed E-state index contributed by atoms with van der Waals surface area (Å²) in [6.07, 6.45) is 5.44. The van der Waals surface area contributed by atoms with Gasteiger partial charge in [0.05, 0.1) is 17.5 Å². The summed E-state index contributed by atoms with van der Waals surface area (Å²) in [6.45, 7) is 0. The summed E-state index contributed by atoms with van der Waals surface area (Å²) in [7, 11) is 0. The Labute approximate surface area is 142 Å². The van der Waals surface area contributed by atoms with Gasteiger partial charge in [0.15, 0.2) is 0 Å². The SMILES string of the molecule is O=C1CC2=CC(=Cc3cc(O)cc4ncccc34)CC(O)=C2C(=O)N1. The first kappa shape index (κ1) is 15.1. The number of nitrogens with zero attached hydrogens (tertiary/aromatic N) is 1. The van der Waals surface area contributed by atoms with Crippen LogP contribution < -0.4 is 5.32 Å². The number of amides is 2. The fraction of sp³-hybridized carbons (Fsp3) is 0.105. The summed E-state index contributed by atoms with van der Waals surface area (Å²) in [4.78, 5) is 27.7. The third-order valence-corrected chi connectivity index (χ3v) is 4.25. The Hall–Kier alpha value is -3.41. The number of carbonyl (C=O) groups excluding carboxylic acids is 2. The first-order valence-electron chi connectivity index (χ1n) is 7.77. The van der Waals surface area contributed by atoms with Crippen LogP contribution in [0.25, 0.3) is 17.0 Å². The van der Waals surface area contributed by atoms with Gasteiger partial charge in [-0.25, -0.2) is 0 Å². The molecule has 0 spiro atoms. The van der Waals surface area contributed by atoms with E-state index >= 15 is 0 Å². The third kappa shape index (κ3) is 2.67. The van der Waals surface area contributed by atoms with Crippen molar-refractivity contribution in [3.63, 3.8) is 0 Å². The van der Waals surface area contributed by atoms with Crippen LogP contribution in [0.1, 0.15) is 18.4 Å². The smallest absolute Gasteiger partial charge is 0.261 e. The van der Waals surface area contributed by atoms with Crippen LogP contribution in [0, 0.1) is 0 Å². The molecule has 0 atom stereocenters. The molecule has 1 aliphatic heterocycles. The molecule has 1 saturated heterocycles. The average Bonchev–Trinajstić information content (AvgIpc) is 2.53. The van der Waals surface area contributed by atoms with Crippen molar-refractivity contribution < 1.29 is 19.8 Å². The number of aromatic nitrogens is 1. The largest absolute Gasteiger partial charge is 0.511 e. The number of hydrogen-bond donors (Lipinski definition) is 3. The second-order valence-corrected chi connectivity index (χ2v) is 6.05. The second kappa shape index (κ2) is 5.59. The molecule has 6 heteroatoms. The highest BCUT2D eigenvalue weighted by molar-refractivity contribution is 6.12. The Bertz CT molecular complexity index is 1030. The van der Waals surface area contributed by atoms with Gasteiger partial charge in [-0.3, -0.25) is 19.9 Å². The van der Waals surface area contributed by atoms with E-state index in [1.165, 1.54) is 0 Å². The fourth-order valence-corrected chi connectivity index (χ4v) is 3.24. The molecule has 0 radical (unpaired) electrons. The van der Waals surface area contributed by atoms with Crippen molar-refractivity contribution in [3.8, 4) is 5.75 Å². The Morgan fingerprint density at radius 3 is 2.84 bits per heavy atom. The zero-order valence-corrected chi connectivity index (χ0v) is 13.1. The van der Waals surface area contributed by atoms with E-state index < -0.39 is 5.91 Å². The number of carbonyl (C=O) groups is 2. The quantitative estimate of drug-likeness (QED) is 0.696. The van der Waals surface area contributed by atoms with Gasteiger partial charge in [-0.2, -0.15) is 0 Å². The van der Waals surface area contributed by atoms with Crippen molar-refractivity contribution in [1.29, 1.82) is 0 Å². The molecule has 2 aliphatic rings. The molecule has 2 heterocycles. The summed E-state index contributed by atoms with van der Waals surface area (Å²) in [5, 5.41) is 23.2. The molecule has 1 aromatic heterocycles. The number of aliphatic hydroxyl groups is 1. The van der Waals surface area contributed by atoms with Crippen LogP contribution in [0.4, 0.5) is 0 Å². The standard InChI is InChI=1S/C19H14N2O4/c22-13-7-11(14-2-1-3-20-15(14)9-13)4-10-5-12-8-17(24)21-19(25)18(12)16(23)6-10/h1-5,7,9,22-23H,6,8H2,(H,21,24,25). The summed E-state index contributed by atoms with van der Waals surface area (Å²) in [5.74, 6) is -0.919. The van der Waals surface area contributed by atoms with E-state index in [1.807, 2.05) is 12.1 Å². The first-order chi connectivity index (χ1) is 12.0. The Morgan fingerprint density at radius 1 is 1.16 bits per heavy atom. The second-order valence-electron chi connectivity index (χ2n) is 6.05. The number of fused-ring (bicyclic) bond motifs is 2. The number of nitrogens with one attached hydrogen (secondary N) is 1. The molecular formula is C19H14N2O4. The zero-order chi connectivity index (χ0) is 17.6. The van der Waals surface area contributed by atoms with Gasteiger partial charge in [-0.15, -0.1) is 0 Å². The van der Waals surface area contributed by atoms with E-state index in [0.717, 1.165) is 16.5 Å². The van der Waals surface area contributed by atoms with Gasteiger partial charge in [0.2, 0.25) is 5.91 Å². The lowest BCUT2D eigenvalue weighted by Gasteiger charge is -2.23. The lowest BCUT2D eigenvalue weighted by Crippen LogP contribution is -2.38. The van der Waals surface area contributed by atoms with Gasteiger partial charge >= 0.3 is 0 Å². The number of rotatable bonds is 1. The van der Waals surface area contributed by atoms with Gasteiger partial charge < -0.3 is 10.2 Å². The van der Waals surface area contributed by atoms with Gasteiger partial charge in [-0.05, 0) is 28.8 Å². The number of phenolic OH excluding ortho intramolecular Hbond substituents is 1. The topological polar surface area (TPSA) is 99.5 Å². The number of aromatic hydroxyl groups is 1. The number of pyridine rings is 1. The van der Waals surface area contributed by atoms with Crippen molar-refractivity contribution >= 4 is 28.8 Å². The lowest BCUT2D eigenvalue weighted by atomic mass is 9.87. The van der Waals surface area contributed by atoms with Crippen LogP contribution in [0.5, 0.6) is 5.75 Å². The van der Waals surface area contributed by atoms with Gasteiger partial charge in [0.1, 0.15) is 11.5 Å². The molecule has 25 heavy (non-hydrogen) atoms. The molecule has 0 saturated carbocycles. The average molecular weight is 334 g/mol. The molecule has 1 fully saturated rings. The maximum atomic E-state index is 11.9. The van der Waals surface area contributed by atoms with Crippen LogP contribution in [0.3, 0.4) is 0 Å². The number of aliphatic hydroxyl groups excluding tert-OH is 1. The normalized spacial score (nSPS) is 19.0. The van der Waals surface area contributed by atoms with Crippen LogP contribution in [-0.4, -0.2) is 27.0 Å². The molecule has 2 aromatic rings. The minimum Gasteiger partial charge on any atom is -0.511 e. The number of allylic oxidation sites excluding steroid dienone is 2. The van der Waals surface area contributed by atoms with E-state index in [9.17, 15) is 19.8 Å². The number of piperidine rings is 1. The third-order valence-electron chi connectivity index (χ3n) is 4.25. The van der Waals surface area contributed by atoms with E-state index in [2.05, 4.69) is 10.3 Å². The Morgan fingerprint density at radius 2 is 2.00 bits per heavy atom. The molecule has 1 aliphatic carbocycles. The zero-order valence-electron chi connectivity index (χ0n) is 13.1.